The van der Waals surface area contributed by atoms with E-state index >= 15 is 0 Å². The molecule has 7 nitrogen and oxygen atoms in total. The molecule has 0 spiro atoms. The number of aliphatic carboxylic acids is 2. The van der Waals surface area contributed by atoms with Gasteiger partial charge in [-0.3, -0.25) is 4.99 Å². The van der Waals surface area contributed by atoms with E-state index in [0.717, 1.165) is 19.8 Å². The van der Waals surface area contributed by atoms with Gasteiger partial charge < -0.3 is 30.0 Å². The Morgan fingerprint density at radius 1 is 1.12 bits per heavy atom. The maximum atomic E-state index is 8.89. The van der Waals surface area contributed by atoms with Crippen molar-refractivity contribution in [2.45, 2.75) is 13.8 Å². The molecule has 0 saturated heterocycles. The molecule has 0 aromatic heterocycles. The summed E-state index contributed by atoms with van der Waals surface area (Å²) < 4.78 is 0. The molecular formula is C9H19CaN3O4. The maximum absolute atomic E-state index is 8.89. The van der Waals surface area contributed by atoms with Gasteiger partial charge in [0.25, 0.3) is 0 Å². The van der Waals surface area contributed by atoms with Crippen molar-refractivity contribution >= 4 is 55.6 Å². The van der Waals surface area contributed by atoms with E-state index in [0.29, 0.717) is 0 Å². The number of hydrogen-bond donors (Lipinski definition) is 1. The number of hydrogen-bond acceptors (Lipinski definition) is 5. The summed E-state index contributed by atoms with van der Waals surface area (Å²) in [6, 6.07) is 0. The van der Waals surface area contributed by atoms with Crippen molar-refractivity contribution in [3.05, 3.63) is 0 Å². The number of guanidine groups is 1. The topological polar surface area (TPSA) is 108 Å². The van der Waals surface area contributed by atoms with E-state index in [1.807, 2.05) is 26.0 Å². The summed E-state index contributed by atoms with van der Waals surface area (Å²) in [5.74, 6) is -1.27. The summed E-state index contributed by atoms with van der Waals surface area (Å²) in [7, 11) is 7.49. The van der Waals surface area contributed by atoms with Gasteiger partial charge in [0.1, 0.15) is 0 Å². The van der Waals surface area contributed by atoms with Gasteiger partial charge in [0.05, 0.1) is 0 Å². The van der Waals surface area contributed by atoms with Gasteiger partial charge >= 0.3 is 37.7 Å². The molecule has 0 amide bonds. The molecule has 0 atom stereocenters. The number of carboxylic acids is 2. The van der Waals surface area contributed by atoms with Crippen molar-refractivity contribution in [2.75, 3.05) is 28.2 Å². The maximum Gasteiger partial charge on any atom is 2.00 e. The third-order valence-corrected chi connectivity index (χ3v) is 0.859. The number of carbonyl (C=O) groups excluding carboxylic acids is 2. The Morgan fingerprint density at radius 2 is 1.35 bits per heavy atom. The Bertz CT molecular complexity index is 212. The average molecular weight is 273 g/mol. The Balaban J connectivity index is -0.0000000806. The van der Waals surface area contributed by atoms with Crippen LogP contribution in [-0.4, -0.2) is 88.7 Å². The number of rotatable bonds is 0. The first-order valence-corrected chi connectivity index (χ1v) is 4.36. The monoisotopic (exact) mass is 273 g/mol. The fourth-order valence-electron chi connectivity index (χ4n) is 0.535. The molecular weight excluding hydrogens is 254 g/mol. The van der Waals surface area contributed by atoms with Crippen molar-refractivity contribution < 1.29 is 19.8 Å². The van der Waals surface area contributed by atoms with Gasteiger partial charge in [0, 0.05) is 40.1 Å². The third-order valence-electron chi connectivity index (χ3n) is 0.859. The Morgan fingerprint density at radius 3 is 1.35 bits per heavy atom. The quantitative estimate of drug-likeness (QED) is 0.284. The molecule has 0 unspecified atom stereocenters. The average Bonchev–Trinajstić information content (AvgIpc) is 2.03. The summed E-state index contributed by atoms with van der Waals surface area (Å²) in [4.78, 5) is 23.6. The molecule has 0 aromatic rings. The minimum absolute atomic E-state index is 0. The van der Waals surface area contributed by atoms with Crippen LogP contribution in [0.15, 0.2) is 4.99 Å². The zero-order valence-electron chi connectivity index (χ0n) is 11.2. The van der Waals surface area contributed by atoms with E-state index in [-0.39, 0.29) is 37.7 Å². The minimum Gasteiger partial charge on any atom is -0.550 e. The van der Waals surface area contributed by atoms with Gasteiger partial charge in [-0.25, -0.2) is 0 Å². The van der Waals surface area contributed by atoms with Crippen LogP contribution in [-0.2, 0) is 9.59 Å². The largest absolute Gasteiger partial charge is 2.00 e. The fraction of sp³-hybridized carbons (Fsp3) is 0.667. The molecule has 0 bridgehead atoms. The summed E-state index contributed by atoms with van der Waals surface area (Å²) in [5, 5.41) is 20.7. The fourth-order valence-corrected chi connectivity index (χ4v) is 0.535. The number of nitrogens with one attached hydrogen (secondary N) is 1. The summed E-state index contributed by atoms with van der Waals surface area (Å²) in [5.41, 5.74) is 0. The first-order valence-electron chi connectivity index (χ1n) is 4.36. The molecule has 0 heterocycles. The number of carbonyl (C=O) groups is 2. The molecule has 0 fully saturated rings. The van der Waals surface area contributed by atoms with Crippen LogP contribution in [0.5, 0.6) is 0 Å². The van der Waals surface area contributed by atoms with E-state index in [4.69, 9.17) is 19.8 Å². The third kappa shape index (κ3) is 50.3. The molecule has 0 rings (SSSR count). The second-order valence-corrected chi connectivity index (χ2v) is 2.67. The predicted molar refractivity (Wildman–Crippen MR) is 63.2 cm³/mol. The standard InChI is InChI=1S/C5H13N3.2C2H4O2.Ca/c1-6-5(7-2)8(3)4;2*1-2(3)4;/h1-4H3,(H,6,7);2*1H3,(H,3,4);/q;;;+2/p-2. The van der Waals surface area contributed by atoms with Crippen LogP contribution in [0.3, 0.4) is 0 Å². The van der Waals surface area contributed by atoms with Crippen LogP contribution in [0.4, 0.5) is 0 Å². The molecule has 0 saturated carbocycles. The van der Waals surface area contributed by atoms with Crippen LogP contribution in [0.2, 0.25) is 0 Å². The van der Waals surface area contributed by atoms with Crippen LogP contribution in [0, 0.1) is 0 Å². The SMILES string of the molecule is CC(=O)[O-].CC(=O)[O-].CN=C(NC)N(C)C.[Ca+2]. The van der Waals surface area contributed by atoms with Gasteiger partial charge in [0.2, 0.25) is 0 Å². The smallest absolute Gasteiger partial charge is 0.550 e. The predicted octanol–water partition coefficient (Wildman–Crippen LogP) is -3.12. The van der Waals surface area contributed by atoms with E-state index in [1.165, 1.54) is 0 Å². The van der Waals surface area contributed by atoms with E-state index in [9.17, 15) is 0 Å². The number of aliphatic imine (C=N–C) groups is 1. The first kappa shape index (κ1) is 25.3. The zero-order chi connectivity index (χ0) is 13.7. The number of carboxylic acid groups (broad SMARTS) is 2. The van der Waals surface area contributed by atoms with Crippen LogP contribution in [0.25, 0.3) is 0 Å². The van der Waals surface area contributed by atoms with E-state index < -0.39 is 11.9 Å². The Labute approximate surface area is 132 Å². The second kappa shape index (κ2) is 17.9. The normalized spacial score (nSPS) is 8.24. The molecule has 96 valence electrons. The molecule has 1 N–H and O–H groups in total. The number of nitrogens with zero attached hydrogens (tertiary/aromatic N) is 2. The summed E-state index contributed by atoms with van der Waals surface area (Å²) in [6.45, 7) is 1.94. The summed E-state index contributed by atoms with van der Waals surface area (Å²) >= 11 is 0. The molecule has 0 radical (unpaired) electrons. The molecule has 17 heavy (non-hydrogen) atoms. The van der Waals surface area contributed by atoms with Crippen LogP contribution < -0.4 is 15.5 Å². The van der Waals surface area contributed by atoms with Crippen molar-refractivity contribution in [1.29, 1.82) is 0 Å². The Hall–Kier alpha value is -0.530. The molecule has 0 aliphatic heterocycles. The Kier molecular flexibility index (Phi) is 26.6. The van der Waals surface area contributed by atoms with Crippen LogP contribution in [0.1, 0.15) is 13.8 Å². The van der Waals surface area contributed by atoms with Gasteiger partial charge in [-0.05, 0) is 13.8 Å². The molecule has 8 heteroatoms. The van der Waals surface area contributed by atoms with E-state index in [2.05, 4.69) is 10.3 Å². The minimum atomic E-state index is -1.08. The van der Waals surface area contributed by atoms with Crippen molar-refractivity contribution in [1.82, 2.24) is 10.2 Å². The summed E-state index contributed by atoms with van der Waals surface area (Å²) in [6.07, 6.45) is 0. The van der Waals surface area contributed by atoms with Gasteiger partial charge in [-0.2, -0.15) is 0 Å². The van der Waals surface area contributed by atoms with Gasteiger partial charge in [-0.15, -0.1) is 0 Å². The van der Waals surface area contributed by atoms with E-state index in [1.54, 1.807) is 7.05 Å². The molecule has 0 aliphatic rings. The van der Waals surface area contributed by atoms with Crippen molar-refractivity contribution in [2.24, 2.45) is 4.99 Å². The van der Waals surface area contributed by atoms with Crippen LogP contribution >= 0.6 is 0 Å². The van der Waals surface area contributed by atoms with Gasteiger partial charge in [-0.1, -0.05) is 0 Å². The zero-order valence-corrected chi connectivity index (χ0v) is 13.4. The van der Waals surface area contributed by atoms with Crippen molar-refractivity contribution in [3.63, 3.8) is 0 Å². The first-order chi connectivity index (χ1) is 7.18. The molecule has 0 aliphatic carbocycles. The van der Waals surface area contributed by atoms with Gasteiger partial charge in [0.15, 0.2) is 5.96 Å². The molecule has 0 aromatic carbocycles. The van der Waals surface area contributed by atoms with Crippen molar-refractivity contribution in [3.8, 4) is 0 Å². The second-order valence-electron chi connectivity index (χ2n) is 2.67.